The predicted molar refractivity (Wildman–Crippen MR) is 185 cm³/mol. The van der Waals surface area contributed by atoms with Crippen LogP contribution in [0.3, 0.4) is 0 Å². The van der Waals surface area contributed by atoms with Crippen LogP contribution < -0.4 is 10.1 Å². The van der Waals surface area contributed by atoms with Crippen molar-refractivity contribution in [2.24, 2.45) is 0 Å². The van der Waals surface area contributed by atoms with E-state index < -0.39 is 0 Å². The minimum Gasteiger partial charge on any atom is -0.489 e. The first-order chi connectivity index (χ1) is 23.0. The van der Waals surface area contributed by atoms with E-state index in [0.29, 0.717) is 12.4 Å². The number of nitrogens with zero attached hydrogens (tertiary/aromatic N) is 2. The number of hydrogen-bond acceptors (Lipinski definition) is 4. The first-order valence-electron chi connectivity index (χ1n) is 15.6. The number of nitrogens with one attached hydrogen (secondary N) is 1. The molecule has 0 fully saturated rings. The lowest BCUT2D eigenvalue weighted by Gasteiger charge is -2.27. The summed E-state index contributed by atoms with van der Waals surface area (Å²) in [4.78, 5) is 8.42. The minimum atomic E-state index is -0.236. The Morgan fingerprint density at radius 1 is 0.638 bits per heavy atom. The number of benzene rings is 4. The van der Waals surface area contributed by atoms with Crippen LogP contribution in [0.2, 0.25) is 0 Å². The molecule has 7 rings (SSSR count). The Labute approximate surface area is 279 Å². The zero-order chi connectivity index (χ0) is 32.4. The Kier molecular flexibility index (Phi) is 10.6. The van der Waals surface area contributed by atoms with Crippen LogP contribution in [0.4, 0.5) is 8.78 Å². The van der Waals surface area contributed by atoms with E-state index in [1.807, 2.05) is 24.5 Å². The quantitative estimate of drug-likeness (QED) is 0.167. The lowest BCUT2D eigenvalue weighted by molar-refractivity contribution is 0.170. The molecular weight excluding hydrogens is 612 g/mol. The van der Waals surface area contributed by atoms with Crippen LogP contribution in [-0.2, 0) is 18.8 Å². The van der Waals surface area contributed by atoms with Crippen molar-refractivity contribution in [3.05, 3.63) is 162 Å². The van der Waals surface area contributed by atoms with Gasteiger partial charge < -0.3 is 10.1 Å². The van der Waals surface area contributed by atoms with Gasteiger partial charge in [-0.3, -0.25) is 9.97 Å². The number of alkyl halides is 1. The molecule has 3 heterocycles. The number of aryl methyl sites for hydroxylation is 1. The van der Waals surface area contributed by atoms with Gasteiger partial charge in [0.05, 0.1) is 0 Å². The van der Waals surface area contributed by atoms with Crippen LogP contribution in [0, 0.1) is 11.6 Å². The van der Waals surface area contributed by atoms with Gasteiger partial charge in [0.2, 0.25) is 0 Å². The van der Waals surface area contributed by atoms with Gasteiger partial charge in [0.25, 0.3) is 0 Å². The van der Waals surface area contributed by atoms with Crippen molar-refractivity contribution in [2.75, 3.05) is 6.54 Å². The topological polar surface area (TPSA) is 47.0 Å². The first kappa shape index (κ1) is 32.0. The summed E-state index contributed by atoms with van der Waals surface area (Å²) in [5, 5.41) is 3.50. The average molecular weight is 646 g/mol. The predicted octanol–water partition coefficient (Wildman–Crippen LogP) is 9.66. The molecule has 1 unspecified atom stereocenters. The third kappa shape index (κ3) is 8.67. The van der Waals surface area contributed by atoms with Crippen LogP contribution in [0.25, 0.3) is 33.4 Å². The van der Waals surface area contributed by atoms with Gasteiger partial charge in [-0.1, -0.05) is 60.7 Å². The lowest BCUT2D eigenvalue weighted by atomic mass is 9.97. The van der Waals surface area contributed by atoms with E-state index in [1.54, 1.807) is 36.7 Å². The summed E-state index contributed by atoms with van der Waals surface area (Å²) >= 11 is 5.71. The largest absolute Gasteiger partial charge is 0.489 e. The fourth-order valence-electron chi connectivity index (χ4n) is 5.52. The molecule has 1 aliphatic rings. The molecule has 0 radical (unpaired) electrons. The summed E-state index contributed by atoms with van der Waals surface area (Å²) in [7, 11) is 0. The Balaban J connectivity index is 0.000000215. The molecule has 0 saturated carbocycles. The second-order valence-corrected chi connectivity index (χ2v) is 11.7. The number of rotatable bonds is 8. The van der Waals surface area contributed by atoms with E-state index >= 15 is 0 Å². The van der Waals surface area contributed by atoms with Gasteiger partial charge in [0.1, 0.15) is 23.5 Å². The minimum absolute atomic E-state index is 0.151. The molecule has 7 heteroatoms. The fraction of sp³-hybridized carbons (Fsp3) is 0.150. The van der Waals surface area contributed by atoms with Crippen molar-refractivity contribution in [3.63, 3.8) is 0 Å². The molecule has 0 aliphatic carbocycles. The summed E-state index contributed by atoms with van der Waals surface area (Å²) in [6.07, 6.45) is 9.29. The number of halogens is 3. The molecule has 1 aliphatic heterocycles. The van der Waals surface area contributed by atoms with Gasteiger partial charge in [-0.25, -0.2) is 8.78 Å². The van der Waals surface area contributed by atoms with Crippen LogP contribution >= 0.6 is 11.6 Å². The maximum Gasteiger partial charge on any atom is 0.123 e. The van der Waals surface area contributed by atoms with Crippen LogP contribution in [-0.4, -0.2) is 22.6 Å². The van der Waals surface area contributed by atoms with E-state index in [4.69, 9.17) is 16.3 Å². The van der Waals surface area contributed by atoms with Crippen LogP contribution in [0.1, 0.15) is 23.1 Å². The van der Waals surface area contributed by atoms with Gasteiger partial charge in [-0.15, -0.1) is 11.6 Å². The molecule has 4 aromatic carbocycles. The second-order valence-electron chi connectivity index (χ2n) is 11.4. The molecule has 0 amide bonds. The van der Waals surface area contributed by atoms with Crippen molar-refractivity contribution < 1.29 is 13.5 Å². The zero-order valence-electron chi connectivity index (χ0n) is 25.8. The molecule has 1 N–H and O–H groups in total. The molecule has 0 saturated heterocycles. The highest BCUT2D eigenvalue weighted by Gasteiger charge is 2.20. The molecule has 47 heavy (non-hydrogen) atoms. The van der Waals surface area contributed by atoms with Crippen LogP contribution in [0.15, 0.2) is 134 Å². The molecule has 0 spiro atoms. The van der Waals surface area contributed by atoms with E-state index in [-0.39, 0.29) is 17.7 Å². The van der Waals surface area contributed by atoms with Crippen LogP contribution in [0.5, 0.6) is 5.75 Å². The van der Waals surface area contributed by atoms with Gasteiger partial charge in [-0.05, 0) is 100 Å². The highest BCUT2D eigenvalue weighted by atomic mass is 35.5. The van der Waals surface area contributed by atoms with Crippen molar-refractivity contribution >= 4 is 11.6 Å². The lowest BCUT2D eigenvalue weighted by Crippen LogP contribution is -2.34. The normalized spacial score (nSPS) is 13.6. The smallest absolute Gasteiger partial charge is 0.123 e. The summed E-state index contributed by atoms with van der Waals surface area (Å²) in [5.41, 5.74) is 9.63. The summed E-state index contributed by atoms with van der Waals surface area (Å²) in [6, 6.07) is 33.8. The molecule has 4 nitrogen and oxygen atoms in total. The Morgan fingerprint density at radius 2 is 1.21 bits per heavy atom. The Hall–Kier alpha value is -4.91. The summed E-state index contributed by atoms with van der Waals surface area (Å²) < 4.78 is 32.1. The maximum atomic E-state index is 13.2. The maximum absolute atomic E-state index is 13.2. The fourth-order valence-corrected chi connectivity index (χ4v) is 5.67. The highest BCUT2D eigenvalue weighted by molar-refractivity contribution is 6.17. The standard InChI is InChI=1S/C28H25FN2O.C12H9ClFN/c29-26-10-6-22(7-11-26)25-14-20(16-30-18-25)17-31-19-27-12-8-24-15-23(9-13-28(24)32-27)21-4-2-1-3-5-21;13-6-9-5-11(8-15-7-9)10-1-3-12(14)4-2-10/h1-7,9-11,13-16,18,27,31H,8,12,17,19H2;1-5,7-8H,6H2. The average Bonchev–Trinajstić information content (AvgIpc) is 3.13. The van der Waals surface area contributed by atoms with E-state index in [9.17, 15) is 8.78 Å². The number of aromatic nitrogens is 2. The van der Waals surface area contributed by atoms with Gasteiger partial charge in [0, 0.05) is 54.9 Å². The Bertz CT molecular complexity index is 1900. The van der Waals surface area contributed by atoms with E-state index in [0.717, 1.165) is 58.5 Å². The zero-order valence-corrected chi connectivity index (χ0v) is 26.5. The van der Waals surface area contributed by atoms with Crippen molar-refractivity contribution in [3.8, 4) is 39.1 Å². The van der Waals surface area contributed by atoms with Crippen molar-refractivity contribution in [2.45, 2.75) is 31.4 Å². The van der Waals surface area contributed by atoms with Gasteiger partial charge >= 0.3 is 0 Å². The summed E-state index contributed by atoms with van der Waals surface area (Å²) in [6.45, 7) is 1.49. The third-order valence-corrected chi connectivity index (χ3v) is 8.31. The van der Waals surface area contributed by atoms with E-state index in [2.05, 4.69) is 63.8 Å². The number of pyridine rings is 2. The molecule has 1 atom stereocenters. The molecular formula is C40H34ClF2N3O. The number of hydrogen-bond donors (Lipinski definition) is 1. The second kappa shape index (κ2) is 15.6. The molecule has 236 valence electrons. The summed E-state index contributed by atoms with van der Waals surface area (Å²) in [5.74, 6) is 0.954. The molecule has 2 aromatic heterocycles. The van der Waals surface area contributed by atoms with Gasteiger partial charge in [-0.2, -0.15) is 0 Å². The highest BCUT2D eigenvalue weighted by Crippen LogP contribution is 2.32. The number of fused-ring (bicyclic) bond motifs is 1. The van der Waals surface area contributed by atoms with Crippen molar-refractivity contribution in [1.82, 2.24) is 15.3 Å². The third-order valence-electron chi connectivity index (χ3n) is 8.00. The monoisotopic (exact) mass is 645 g/mol. The van der Waals surface area contributed by atoms with E-state index in [1.165, 1.54) is 41.0 Å². The van der Waals surface area contributed by atoms with Crippen molar-refractivity contribution in [1.29, 1.82) is 0 Å². The Morgan fingerprint density at radius 3 is 1.85 bits per heavy atom. The number of ether oxygens (including phenoxy) is 1. The SMILES string of the molecule is Fc1ccc(-c2cncc(CCl)c2)cc1.Fc1ccc(-c2cncc(CNCC3CCc4cc(-c5ccccc5)ccc4O3)c2)cc1. The molecule has 6 aromatic rings. The molecule has 0 bridgehead atoms. The van der Waals surface area contributed by atoms with Gasteiger partial charge in [0.15, 0.2) is 0 Å². The first-order valence-corrected chi connectivity index (χ1v) is 16.1.